The van der Waals surface area contributed by atoms with Gasteiger partial charge in [0.1, 0.15) is 17.6 Å². The summed E-state index contributed by atoms with van der Waals surface area (Å²) in [4.78, 5) is 31.8. The molecule has 1 aromatic rings. The van der Waals surface area contributed by atoms with Gasteiger partial charge in [-0.3, -0.25) is 9.59 Å². The van der Waals surface area contributed by atoms with Crippen molar-refractivity contribution in [3.05, 3.63) is 23.9 Å². The van der Waals surface area contributed by atoms with Crippen molar-refractivity contribution < 1.29 is 9.59 Å². The SMILES string of the molecule is CNC(=O)c1cccc(N2CCC[C@H]2C(=O)N(C)C)n1. The quantitative estimate of drug-likeness (QED) is 0.873. The van der Waals surface area contributed by atoms with Crippen LogP contribution in [0.1, 0.15) is 23.3 Å². The van der Waals surface area contributed by atoms with Crippen LogP contribution in [0.5, 0.6) is 0 Å². The van der Waals surface area contributed by atoms with Crippen LogP contribution in [0.4, 0.5) is 5.82 Å². The molecular weight excluding hydrogens is 256 g/mol. The van der Waals surface area contributed by atoms with E-state index in [0.717, 1.165) is 19.4 Å². The minimum atomic E-state index is -0.221. The van der Waals surface area contributed by atoms with Gasteiger partial charge in [0, 0.05) is 27.7 Å². The minimum Gasteiger partial charge on any atom is -0.354 e. The average molecular weight is 276 g/mol. The maximum atomic E-state index is 12.2. The average Bonchev–Trinajstić information content (AvgIpc) is 2.94. The second-order valence-electron chi connectivity index (χ2n) is 5.04. The Labute approximate surface area is 118 Å². The Morgan fingerprint density at radius 2 is 2.15 bits per heavy atom. The summed E-state index contributed by atoms with van der Waals surface area (Å²) in [6.45, 7) is 0.786. The van der Waals surface area contributed by atoms with Crippen molar-refractivity contribution in [2.24, 2.45) is 0 Å². The van der Waals surface area contributed by atoms with Crippen molar-refractivity contribution in [3.63, 3.8) is 0 Å². The lowest BCUT2D eigenvalue weighted by Crippen LogP contribution is -2.43. The molecule has 0 saturated carbocycles. The molecule has 2 heterocycles. The van der Waals surface area contributed by atoms with E-state index in [-0.39, 0.29) is 17.9 Å². The van der Waals surface area contributed by atoms with E-state index in [4.69, 9.17) is 0 Å². The number of rotatable bonds is 3. The van der Waals surface area contributed by atoms with Crippen molar-refractivity contribution in [3.8, 4) is 0 Å². The summed E-state index contributed by atoms with van der Waals surface area (Å²) in [5.74, 6) is 0.542. The Morgan fingerprint density at radius 1 is 1.40 bits per heavy atom. The first-order valence-corrected chi connectivity index (χ1v) is 6.71. The fourth-order valence-corrected chi connectivity index (χ4v) is 2.43. The standard InChI is InChI=1S/C14H20N4O2/c1-15-13(19)10-6-4-8-12(16-10)18-9-5-7-11(18)14(20)17(2)3/h4,6,8,11H,5,7,9H2,1-3H3,(H,15,19)/t11-/m0/s1. The molecule has 0 aliphatic carbocycles. The third-order valence-corrected chi connectivity index (χ3v) is 3.47. The summed E-state index contributed by atoms with van der Waals surface area (Å²) in [5, 5.41) is 2.56. The molecule has 1 N–H and O–H groups in total. The number of aromatic nitrogens is 1. The fourth-order valence-electron chi connectivity index (χ4n) is 2.43. The first kappa shape index (κ1) is 14.3. The smallest absolute Gasteiger partial charge is 0.269 e. The van der Waals surface area contributed by atoms with Crippen molar-refractivity contribution >= 4 is 17.6 Å². The Kier molecular flexibility index (Phi) is 4.22. The Morgan fingerprint density at radius 3 is 2.80 bits per heavy atom. The molecule has 2 amide bonds. The number of pyridine rings is 1. The van der Waals surface area contributed by atoms with Crippen molar-refractivity contribution in [2.75, 3.05) is 32.6 Å². The molecule has 1 saturated heterocycles. The van der Waals surface area contributed by atoms with Gasteiger partial charge in [-0.25, -0.2) is 4.98 Å². The van der Waals surface area contributed by atoms with Gasteiger partial charge in [-0.15, -0.1) is 0 Å². The second-order valence-corrected chi connectivity index (χ2v) is 5.04. The highest BCUT2D eigenvalue weighted by Gasteiger charge is 2.32. The minimum absolute atomic E-state index is 0.0784. The van der Waals surface area contributed by atoms with Crippen molar-refractivity contribution in [1.29, 1.82) is 0 Å². The molecule has 6 nitrogen and oxygen atoms in total. The number of hydrogen-bond acceptors (Lipinski definition) is 4. The van der Waals surface area contributed by atoms with Gasteiger partial charge < -0.3 is 15.1 Å². The molecule has 1 atom stereocenters. The lowest BCUT2D eigenvalue weighted by molar-refractivity contribution is -0.129. The number of likely N-dealkylation sites (N-methyl/N-ethyl adjacent to an activating group) is 1. The third-order valence-electron chi connectivity index (χ3n) is 3.47. The third kappa shape index (κ3) is 2.74. The van der Waals surface area contributed by atoms with Crippen LogP contribution in [0.2, 0.25) is 0 Å². The molecule has 1 aliphatic heterocycles. The topological polar surface area (TPSA) is 65.5 Å². The van der Waals surface area contributed by atoms with E-state index in [1.165, 1.54) is 0 Å². The zero-order valence-corrected chi connectivity index (χ0v) is 12.1. The predicted molar refractivity (Wildman–Crippen MR) is 76.7 cm³/mol. The van der Waals surface area contributed by atoms with Crippen LogP contribution < -0.4 is 10.2 Å². The number of amides is 2. The van der Waals surface area contributed by atoms with Crippen molar-refractivity contribution in [1.82, 2.24) is 15.2 Å². The molecule has 0 unspecified atom stereocenters. The predicted octanol–water partition coefficient (Wildman–Crippen LogP) is 0.498. The van der Waals surface area contributed by atoms with E-state index in [1.54, 1.807) is 38.2 Å². The molecule has 0 aromatic carbocycles. The highest BCUT2D eigenvalue weighted by molar-refractivity contribution is 5.92. The number of anilines is 1. The van der Waals surface area contributed by atoms with E-state index < -0.39 is 0 Å². The van der Waals surface area contributed by atoms with Crippen LogP contribution in [-0.2, 0) is 4.79 Å². The number of carbonyl (C=O) groups excluding carboxylic acids is 2. The van der Waals surface area contributed by atoms with Gasteiger partial charge in [-0.1, -0.05) is 6.07 Å². The van der Waals surface area contributed by atoms with E-state index >= 15 is 0 Å². The maximum absolute atomic E-state index is 12.2. The summed E-state index contributed by atoms with van der Waals surface area (Å²) in [7, 11) is 5.09. The van der Waals surface area contributed by atoms with Gasteiger partial charge in [-0.2, -0.15) is 0 Å². The summed E-state index contributed by atoms with van der Waals surface area (Å²) >= 11 is 0. The molecular formula is C14H20N4O2. The number of hydrogen-bond donors (Lipinski definition) is 1. The zero-order valence-electron chi connectivity index (χ0n) is 12.1. The van der Waals surface area contributed by atoms with Crippen LogP contribution in [0.25, 0.3) is 0 Å². The first-order chi connectivity index (χ1) is 9.54. The first-order valence-electron chi connectivity index (χ1n) is 6.71. The molecule has 0 spiro atoms. The summed E-state index contributed by atoms with van der Waals surface area (Å²) in [6.07, 6.45) is 1.78. The van der Waals surface area contributed by atoms with Crippen LogP contribution >= 0.6 is 0 Å². The number of carbonyl (C=O) groups is 2. The van der Waals surface area contributed by atoms with E-state index in [9.17, 15) is 9.59 Å². The monoisotopic (exact) mass is 276 g/mol. The van der Waals surface area contributed by atoms with Gasteiger partial charge in [0.2, 0.25) is 5.91 Å². The fraction of sp³-hybridized carbons (Fsp3) is 0.500. The van der Waals surface area contributed by atoms with Crippen molar-refractivity contribution in [2.45, 2.75) is 18.9 Å². The van der Waals surface area contributed by atoms with Crippen LogP contribution in [-0.4, -0.2) is 55.4 Å². The highest BCUT2D eigenvalue weighted by Crippen LogP contribution is 2.25. The van der Waals surface area contributed by atoms with E-state index in [0.29, 0.717) is 11.5 Å². The van der Waals surface area contributed by atoms with Crippen LogP contribution in [0, 0.1) is 0 Å². The maximum Gasteiger partial charge on any atom is 0.269 e. The summed E-state index contributed by atoms with van der Waals surface area (Å²) in [5.41, 5.74) is 0.368. The second kappa shape index (κ2) is 5.90. The lowest BCUT2D eigenvalue weighted by atomic mass is 10.2. The zero-order chi connectivity index (χ0) is 14.7. The molecule has 1 fully saturated rings. The van der Waals surface area contributed by atoms with Gasteiger partial charge in [-0.05, 0) is 25.0 Å². The molecule has 0 radical (unpaired) electrons. The molecule has 1 aliphatic rings. The summed E-state index contributed by atoms with van der Waals surface area (Å²) in [6, 6.07) is 5.12. The Balaban J connectivity index is 2.26. The Hall–Kier alpha value is -2.11. The van der Waals surface area contributed by atoms with Gasteiger partial charge in [0.05, 0.1) is 0 Å². The summed E-state index contributed by atoms with van der Waals surface area (Å²) < 4.78 is 0. The molecule has 108 valence electrons. The van der Waals surface area contributed by atoms with Gasteiger partial charge in [0.25, 0.3) is 5.91 Å². The Bertz CT molecular complexity index is 516. The number of nitrogens with zero attached hydrogens (tertiary/aromatic N) is 3. The van der Waals surface area contributed by atoms with Crippen LogP contribution in [0.3, 0.4) is 0 Å². The number of nitrogens with one attached hydrogen (secondary N) is 1. The molecule has 2 rings (SSSR count). The molecule has 0 bridgehead atoms. The van der Waals surface area contributed by atoms with E-state index in [1.807, 2.05) is 11.0 Å². The highest BCUT2D eigenvalue weighted by atomic mass is 16.2. The van der Waals surface area contributed by atoms with Gasteiger partial charge >= 0.3 is 0 Å². The largest absolute Gasteiger partial charge is 0.354 e. The van der Waals surface area contributed by atoms with E-state index in [2.05, 4.69) is 10.3 Å². The lowest BCUT2D eigenvalue weighted by Gasteiger charge is -2.27. The molecule has 6 heteroatoms. The van der Waals surface area contributed by atoms with Gasteiger partial charge in [0.15, 0.2) is 0 Å². The van der Waals surface area contributed by atoms with Crippen LogP contribution in [0.15, 0.2) is 18.2 Å². The molecule has 1 aromatic heterocycles. The molecule has 20 heavy (non-hydrogen) atoms. The normalized spacial score (nSPS) is 17.9.